The van der Waals surface area contributed by atoms with E-state index in [1.165, 1.54) is 0 Å². The molecule has 0 bridgehead atoms. The van der Waals surface area contributed by atoms with Crippen molar-refractivity contribution >= 4 is 27.4 Å². The van der Waals surface area contributed by atoms with Gasteiger partial charge in [0.05, 0.1) is 11.6 Å². The van der Waals surface area contributed by atoms with Gasteiger partial charge in [0, 0.05) is 16.8 Å². The van der Waals surface area contributed by atoms with Crippen LogP contribution in [-0.4, -0.2) is 20.8 Å². The van der Waals surface area contributed by atoms with Crippen molar-refractivity contribution in [1.29, 1.82) is 0 Å². The minimum atomic E-state index is -3.92. The molecule has 1 atom stereocenters. The second-order valence-corrected chi connectivity index (χ2v) is 9.14. The monoisotopic (exact) mass is 405 g/mol. The molecule has 0 amide bonds. The molecule has 0 radical (unpaired) electrons. The average molecular weight is 406 g/mol. The zero-order valence-corrected chi connectivity index (χ0v) is 16.1. The van der Waals surface area contributed by atoms with Crippen LogP contribution in [0, 0.1) is 0 Å². The third kappa shape index (κ3) is 2.46. The van der Waals surface area contributed by atoms with Gasteiger partial charge in [0.1, 0.15) is 10.5 Å². The number of benzene rings is 2. The number of hydrogen-bond donors (Lipinski definition) is 1. The van der Waals surface area contributed by atoms with Gasteiger partial charge in [-0.05, 0) is 43.2 Å². The van der Waals surface area contributed by atoms with Crippen LogP contribution in [0.3, 0.4) is 0 Å². The topological polar surface area (TPSA) is 73.9 Å². The smallest absolute Gasteiger partial charge is 0.296 e. The first-order valence-electron chi connectivity index (χ1n) is 8.42. The van der Waals surface area contributed by atoms with Crippen molar-refractivity contribution in [2.45, 2.75) is 25.4 Å². The van der Waals surface area contributed by atoms with Gasteiger partial charge >= 0.3 is 0 Å². The summed E-state index contributed by atoms with van der Waals surface area (Å²) in [4.78, 5) is 0.209. The molecular weight excluding hydrogens is 390 g/mol. The van der Waals surface area contributed by atoms with Crippen LogP contribution in [0.5, 0.6) is 11.5 Å². The Balaban J connectivity index is 1.82. The van der Waals surface area contributed by atoms with E-state index in [1.807, 2.05) is 18.2 Å². The minimum absolute atomic E-state index is 0.139. The van der Waals surface area contributed by atoms with Gasteiger partial charge in [-0.2, -0.15) is 8.42 Å². The molecule has 140 valence electrons. The highest BCUT2D eigenvalue weighted by Crippen LogP contribution is 2.54. The standard InChI is InChI=1S/C19H16ClNO5S/c1-19(2)18-17(27(22,23)26-19)16(10-4-3-5-11(20)6-10)12-7-14-15(25-9-24-14)8-13(12)21-18/h3-8,16,21H,9H2,1-2H3. The molecule has 8 heteroatoms. The lowest BCUT2D eigenvalue weighted by molar-refractivity contribution is 0.172. The molecule has 3 aliphatic heterocycles. The first-order chi connectivity index (χ1) is 12.8. The number of anilines is 1. The normalized spacial score (nSPS) is 23.6. The molecule has 27 heavy (non-hydrogen) atoms. The SMILES string of the molecule is CC1(C)OS(=O)(=O)C2=C1Nc1cc3c(cc1C2c1cccc(Cl)c1)OCO3. The number of rotatable bonds is 1. The maximum atomic E-state index is 12.9. The van der Waals surface area contributed by atoms with Crippen LogP contribution in [-0.2, 0) is 14.3 Å². The zero-order valence-electron chi connectivity index (χ0n) is 14.6. The molecule has 0 saturated carbocycles. The Labute approximate surface area is 161 Å². The number of hydrogen-bond acceptors (Lipinski definition) is 6. The summed E-state index contributed by atoms with van der Waals surface area (Å²) in [5.41, 5.74) is 1.82. The van der Waals surface area contributed by atoms with Crippen molar-refractivity contribution in [2.75, 3.05) is 12.1 Å². The molecule has 1 N–H and O–H groups in total. The predicted molar refractivity (Wildman–Crippen MR) is 101 cm³/mol. The van der Waals surface area contributed by atoms with Gasteiger partial charge < -0.3 is 14.8 Å². The predicted octanol–water partition coefficient (Wildman–Crippen LogP) is 3.98. The molecule has 0 fully saturated rings. The highest BCUT2D eigenvalue weighted by Gasteiger charge is 2.51. The van der Waals surface area contributed by atoms with Gasteiger partial charge in [-0.1, -0.05) is 23.7 Å². The van der Waals surface area contributed by atoms with E-state index in [4.69, 9.17) is 25.3 Å². The second-order valence-electron chi connectivity index (χ2n) is 7.19. The van der Waals surface area contributed by atoms with Gasteiger partial charge in [0.15, 0.2) is 11.5 Å². The van der Waals surface area contributed by atoms with Crippen molar-refractivity contribution in [3.8, 4) is 11.5 Å². The molecular formula is C19H16ClNO5S. The average Bonchev–Trinajstić information content (AvgIpc) is 3.10. The number of allylic oxidation sites excluding steroid dienone is 1. The third-order valence-corrected chi connectivity index (χ3v) is 6.85. The molecule has 1 unspecified atom stereocenters. The lowest BCUT2D eigenvalue weighted by Crippen LogP contribution is -2.29. The number of nitrogens with one attached hydrogen (secondary N) is 1. The first kappa shape index (κ1) is 16.9. The Morgan fingerprint density at radius 1 is 1.15 bits per heavy atom. The lowest BCUT2D eigenvalue weighted by atomic mass is 9.84. The highest BCUT2D eigenvalue weighted by atomic mass is 35.5. The fourth-order valence-corrected chi connectivity index (χ4v) is 5.90. The number of ether oxygens (including phenoxy) is 2. The molecule has 5 rings (SSSR count). The molecule has 0 saturated heterocycles. The van der Waals surface area contributed by atoms with Gasteiger partial charge in [-0.25, -0.2) is 0 Å². The van der Waals surface area contributed by atoms with E-state index in [1.54, 1.807) is 32.0 Å². The van der Waals surface area contributed by atoms with Crippen molar-refractivity contribution < 1.29 is 22.1 Å². The van der Waals surface area contributed by atoms with Crippen LogP contribution in [0.1, 0.15) is 30.9 Å². The summed E-state index contributed by atoms with van der Waals surface area (Å²) in [6.07, 6.45) is 0. The summed E-state index contributed by atoms with van der Waals surface area (Å²) >= 11 is 6.20. The lowest BCUT2D eigenvalue weighted by Gasteiger charge is -2.30. The van der Waals surface area contributed by atoms with E-state index in [-0.39, 0.29) is 11.7 Å². The fraction of sp³-hybridized carbons (Fsp3) is 0.263. The van der Waals surface area contributed by atoms with Crippen LogP contribution in [0.25, 0.3) is 0 Å². The first-order valence-corrected chi connectivity index (χ1v) is 10.2. The Morgan fingerprint density at radius 3 is 2.63 bits per heavy atom. The number of fused-ring (bicyclic) bond motifs is 2. The van der Waals surface area contributed by atoms with Crippen molar-refractivity contribution in [1.82, 2.24) is 0 Å². The van der Waals surface area contributed by atoms with Crippen LogP contribution in [0.2, 0.25) is 5.02 Å². The van der Waals surface area contributed by atoms with Crippen LogP contribution in [0.4, 0.5) is 5.69 Å². The van der Waals surface area contributed by atoms with Crippen molar-refractivity contribution in [3.63, 3.8) is 0 Å². The van der Waals surface area contributed by atoms with E-state index in [2.05, 4.69) is 5.32 Å². The summed E-state index contributed by atoms with van der Waals surface area (Å²) in [6, 6.07) is 10.9. The van der Waals surface area contributed by atoms with Crippen LogP contribution >= 0.6 is 11.6 Å². The summed E-state index contributed by atoms with van der Waals surface area (Å²) in [5, 5.41) is 3.79. The molecule has 2 aromatic carbocycles. The van der Waals surface area contributed by atoms with Crippen molar-refractivity contribution in [2.24, 2.45) is 0 Å². The Hall–Kier alpha value is -2.22. The Kier molecular flexibility index (Phi) is 3.39. The van der Waals surface area contributed by atoms with E-state index >= 15 is 0 Å². The molecule has 3 aliphatic rings. The van der Waals surface area contributed by atoms with E-state index in [9.17, 15) is 8.42 Å². The highest BCUT2D eigenvalue weighted by molar-refractivity contribution is 7.91. The van der Waals surface area contributed by atoms with Gasteiger partial charge in [0.25, 0.3) is 10.1 Å². The Bertz CT molecular complexity index is 1120. The summed E-state index contributed by atoms with van der Waals surface area (Å²) in [7, 11) is -3.92. The van der Waals surface area contributed by atoms with Gasteiger partial charge in [-0.15, -0.1) is 0 Å². The zero-order chi connectivity index (χ0) is 19.0. The molecule has 3 heterocycles. The molecule has 0 aromatic heterocycles. The summed E-state index contributed by atoms with van der Waals surface area (Å²) in [6.45, 7) is 3.60. The molecule has 0 aliphatic carbocycles. The van der Waals surface area contributed by atoms with Crippen molar-refractivity contribution in [3.05, 3.63) is 63.1 Å². The van der Waals surface area contributed by atoms with E-state index in [0.29, 0.717) is 22.2 Å². The maximum absolute atomic E-state index is 12.9. The molecule has 6 nitrogen and oxygen atoms in total. The van der Waals surface area contributed by atoms with E-state index in [0.717, 1.165) is 16.8 Å². The van der Waals surface area contributed by atoms with Gasteiger partial charge in [0.2, 0.25) is 6.79 Å². The maximum Gasteiger partial charge on any atom is 0.296 e. The summed E-state index contributed by atoms with van der Waals surface area (Å²) in [5.74, 6) is 0.646. The second kappa shape index (κ2) is 5.41. The third-order valence-electron chi connectivity index (χ3n) is 5.00. The van der Waals surface area contributed by atoms with Crippen LogP contribution < -0.4 is 14.8 Å². The number of halogens is 1. The largest absolute Gasteiger partial charge is 0.454 e. The molecule has 0 spiro atoms. The van der Waals surface area contributed by atoms with Crippen LogP contribution in [0.15, 0.2) is 47.0 Å². The fourth-order valence-electron chi connectivity index (χ4n) is 3.88. The minimum Gasteiger partial charge on any atom is -0.454 e. The Morgan fingerprint density at radius 2 is 1.89 bits per heavy atom. The molecule has 2 aromatic rings. The summed E-state index contributed by atoms with van der Waals surface area (Å²) < 4.78 is 42.3. The van der Waals surface area contributed by atoms with E-state index < -0.39 is 21.6 Å². The quantitative estimate of drug-likeness (QED) is 0.723. The van der Waals surface area contributed by atoms with Gasteiger partial charge in [-0.3, -0.25) is 4.18 Å².